The van der Waals surface area contributed by atoms with Crippen molar-refractivity contribution in [2.75, 3.05) is 50.1 Å². The second-order valence-corrected chi connectivity index (χ2v) is 6.17. The molecule has 142 valence electrons. The summed E-state index contributed by atoms with van der Waals surface area (Å²) in [5.41, 5.74) is 1.89. The highest BCUT2D eigenvalue weighted by atomic mass is 35.5. The minimum absolute atomic E-state index is 0.0969. The first kappa shape index (κ1) is 20.1. The summed E-state index contributed by atoms with van der Waals surface area (Å²) in [4.78, 5) is 28.0. The van der Waals surface area contributed by atoms with Crippen LogP contribution in [0.4, 0.5) is 11.4 Å². The van der Waals surface area contributed by atoms with Crippen LogP contribution in [0.5, 0.6) is 0 Å². The highest BCUT2D eigenvalue weighted by Gasteiger charge is 2.34. The minimum atomic E-state index is -0.577. The molecule has 0 aromatic heterocycles. The summed E-state index contributed by atoms with van der Waals surface area (Å²) < 4.78 is 4.77. The number of carbonyl (C=O) groups is 2. The molecule has 0 radical (unpaired) electrons. The van der Waals surface area contributed by atoms with Gasteiger partial charge in [-0.05, 0) is 32.0 Å². The molecular weight excluding hydrogens is 358 g/mol. The minimum Gasteiger partial charge on any atom is -0.466 e. The Balaban J connectivity index is 2.30. The van der Waals surface area contributed by atoms with Crippen LogP contribution in [0.3, 0.4) is 0 Å². The number of esters is 1. The number of anilines is 2. The molecule has 7 nitrogen and oxygen atoms in total. The SMILES string of the molecule is CCN(CC)c1ccc(NC2=C(C(=O)OC)CN(CCO)C2=O)cc1Cl. The normalized spacial score (nSPS) is 14.0. The number of rotatable bonds is 8. The fraction of sp³-hybridized carbons (Fsp3) is 0.444. The number of hydrogen-bond donors (Lipinski definition) is 2. The van der Waals surface area contributed by atoms with Gasteiger partial charge in [0.2, 0.25) is 0 Å². The summed E-state index contributed by atoms with van der Waals surface area (Å²) >= 11 is 6.39. The molecule has 0 spiro atoms. The van der Waals surface area contributed by atoms with E-state index in [2.05, 4.69) is 10.2 Å². The maximum atomic E-state index is 12.5. The second-order valence-electron chi connectivity index (χ2n) is 5.76. The lowest BCUT2D eigenvalue weighted by atomic mass is 10.2. The molecule has 0 aliphatic carbocycles. The van der Waals surface area contributed by atoms with E-state index in [9.17, 15) is 9.59 Å². The van der Waals surface area contributed by atoms with Gasteiger partial charge < -0.3 is 25.0 Å². The molecule has 26 heavy (non-hydrogen) atoms. The van der Waals surface area contributed by atoms with E-state index in [1.807, 2.05) is 26.0 Å². The van der Waals surface area contributed by atoms with Crippen molar-refractivity contribution < 1.29 is 19.4 Å². The largest absolute Gasteiger partial charge is 0.466 e. The number of nitrogens with zero attached hydrogens (tertiary/aromatic N) is 2. The van der Waals surface area contributed by atoms with Crippen molar-refractivity contribution >= 4 is 34.9 Å². The average Bonchev–Trinajstić information content (AvgIpc) is 2.93. The predicted molar refractivity (Wildman–Crippen MR) is 101 cm³/mol. The molecule has 0 bridgehead atoms. The lowest BCUT2D eigenvalue weighted by Crippen LogP contribution is -2.31. The molecule has 1 amide bonds. The van der Waals surface area contributed by atoms with Gasteiger partial charge in [-0.3, -0.25) is 4.79 Å². The first-order valence-corrected chi connectivity index (χ1v) is 8.87. The van der Waals surface area contributed by atoms with Crippen LogP contribution in [-0.4, -0.2) is 61.8 Å². The fourth-order valence-electron chi connectivity index (χ4n) is 2.90. The van der Waals surface area contributed by atoms with E-state index in [0.717, 1.165) is 18.8 Å². The molecule has 8 heteroatoms. The molecule has 2 N–H and O–H groups in total. The zero-order valence-corrected chi connectivity index (χ0v) is 16.0. The molecule has 0 atom stereocenters. The number of carbonyl (C=O) groups excluding carboxylic acids is 2. The van der Waals surface area contributed by atoms with E-state index in [1.54, 1.807) is 6.07 Å². The quantitative estimate of drug-likeness (QED) is 0.669. The van der Waals surface area contributed by atoms with E-state index < -0.39 is 5.97 Å². The number of aliphatic hydroxyl groups is 1. The number of aliphatic hydroxyl groups excluding tert-OH is 1. The number of hydrogen-bond acceptors (Lipinski definition) is 6. The van der Waals surface area contributed by atoms with E-state index >= 15 is 0 Å². The Morgan fingerprint density at radius 1 is 1.38 bits per heavy atom. The van der Waals surface area contributed by atoms with Crippen LogP contribution in [0.1, 0.15) is 13.8 Å². The Morgan fingerprint density at radius 3 is 2.62 bits per heavy atom. The third kappa shape index (κ3) is 4.11. The Bertz CT molecular complexity index is 716. The Kier molecular flexibility index (Phi) is 6.88. The van der Waals surface area contributed by atoms with Crippen LogP contribution in [0.15, 0.2) is 29.5 Å². The third-order valence-corrected chi connectivity index (χ3v) is 4.58. The molecule has 1 aromatic carbocycles. The molecule has 0 unspecified atom stereocenters. The fourth-order valence-corrected chi connectivity index (χ4v) is 3.20. The summed E-state index contributed by atoms with van der Waals surface area (Å²) in [5.74, 6) is -0.935. The zero-order chi connectivity index (χ0) is 19.3. The Hall–Kier alpha value is -2.25. The van der Waals surface area contributed by atoms with Crippen molar-refractivity contribution in [3.8, 4) is 0 Å². The van der Waals surface area contributed by atoms with Crippen molar-refractivity contribution in [2.45, 2.75) is 13.8 Å². The van der Waals surface area contributed by atoms with Gasteiger partial charge in [-0.2, -0.15) is 0 Å². The van der Waals surface area contributed by atoms with E-state index in [4.69, 9.17) is 21.4 Å². The molecule has 0 fully saturated rings. The van der Waals surface area contributed by atoms with Crippen molar-refractivity contribution in [2.24, 2.45) is 0 Å². The van der Waals surface area contributed by atoms with E-state index in [1.165, 1.54) is 12.0 Å². The van der Waals surface area contributed by atoms with Crippen LogP contribution < -0.4 is 10.2 Å². The summed E-state index contributed by atoms with van der Waals surface area (Å²) in [6.45, 7) is 5.81. The third-order valence-electron chi connectivity index (χ3n) is 4.27. The van der Waals surface area contributed by atoms with Crippen molar-refractivity contribution in [1.29, 1.82) is 0 Å². The Morgan fingerprint density at radius 2 is 2.08 bits per heavy atom. The lowest BCUT2D eigenvalue weighted by molar-refractivity contribution is -0.136. The molecule has 1 aromatic rings. The predicted octanol–water partition coefficient (Wildman–Crippen LogP) is 1.86. The van der Waals surface area contributed by atoms with Crippen LogP contribution in [0.25, 0.3) is 0 Å². The molecule has 2 rings (SSSR count). The molecular formula is C18H24ClN3O4. The first-order chi connectivity index (χ1) is 12.5. The highest BCUT2D eigenvalue weighted by molar-refractivity contribution is 6.33. The van der Waals surface area contributed by atoms with Crippen molar-refractivity contribution in [3.05, 3.63) is 34.5 Å². The van der Waals surface area contributed by atoms with E-state index in [0.29, 0.717) is 10.7 Å². The molecule has 0 saturated carbocycles. The van der Waals surface area contributed by atoms with E-state index in [-0.39, 0.29) is 36.9 Å². The van der Waals surface area contributed by atoms with Gasteiger partial charge in [0.25, 0.3) is 5.91 Å². The van der Waals surface area contributed by atoms with Gasteiger partial charge in [0.15, 0.2) is 0 Å². The lowest BCUT2D eigenvalue weighted by Gasteiger charge is -2.23. The zero-order valence-electron chi connectivity index (χ0n) is 15.2. The van der Waals surface area contributed by atoms with Gasteiger partial charge in [0, 0.05) is 25.3 Å². The maximum Gasteiger partial charge on any atom is 0.337 e. The van der Waals surface area contributed by atoms with Crippen LogP contribution >= 0.6 is 11.6 Å². The van der Waals surface area contributed by atoms with Gasteiger partial charge in [0.05, 0.1) is 36.5 Å². The summed E-state index contributed by atoms with van der Waals surface area (Å²) in [6.07, 6.45) is 0. The number of halogens is 1. The van der Waals surface area contributed by atoms with Gasteiger partial charge in [-0.15, -0.1) is 0 Å². The van der Waals surface area contributed by atoms with Crippen molar-refractivity contribution in [3.63, 3.8) is 0 Å². The number of methoxy groups -OCH3 is 1. The number of β-amino-alcohol motifs (C(OH)–C–C–N with tert-alkyl or cyclic N) is 1. The topological polar surface area (TPSA) is 82.1 Å². The van der Waals surface area contributed by atoms with Crippen molar-refractivity contribution in [1.82, 2.24) is 4.90 Å². The summed E-state index contributed by atoms with van der Waals surface area (Å²) in [7, 11) is 1.27. The van der Waals surface area contributed by atoms with Gasteiger partial charge in [0.1, 0.15) is 5.70 Å². The monoisotopic (exact) mass is 381 g/mol. The smallest absolute Gasteiger partial charge is 0.337 e. The second kappa shape index (κ2) is 8.91. The molecule has 1 aliphatic heterocycles. The molecule has 0 saturated heterocycles. The number of benzene rings is 1. The Labute approximate surface area is 158 Å². The van der Waals surface area contributed by atoms with Crippen LogP contribution in [-0.2, 0) is 14.3 Å². The highest BCUT2D eigenvalue weighted by Crippen LogP contribution is 2.30. The van der Waals surface area contributed by atoms with Gasteiger partial charge >= 0.3 is 5.97 Å². The van der Waals surface area contributed by atoms with Gasteiger partial charge in [-0.1, -0.05) is 11.6 Å². The molecule has 1 aliphatic rings. The van der Waals surface area contributed by atoms with Crippen LogP contribution in [0, 0.1) is 0 Å². The standard InChI is InChI=1S/C18H24ClN3O4/c1-4-21(5-2)15-7-6-12(10-14(15)19)20-16-13(18(25)26-3)11-22(8-9-23)17(16)24/h6-7,10,20,23H,4-5,8-9,11H2,1-3H3. The summed E-state index contributed by atoms with van der Waals surface area (Å²) in [5, 5.41) is 12.6. The van der Waals surface area contributed by atoms with Gasteiger partial charge in [-0.25, -0.2) is 4.79 Å². The maximum absolute atomic E-state index is 12.5. The average molecular weight is 382 g/mol. The number of ether oxygens (including phenoxy) is 1. The number of nitrogens with one attached hydrogen (secondary N) is 1. The first-order valence-electron chi connectivity index (χ1n) is 8.49. The van der Waals surface area contributed by atoms with Crippen LogP contribution in [0.2, 0.25) is 5.02 Å². The number of amides is 1. The summed E-state index contributed by atoms with van der Waals surface area (Å²) in [6, 6.07) is 5.41. The molecule has 1 heterocycles.